The summed E-state index contributed by atoms with van der Waals surface area (Å²) in [5, 5.41) is 2.20. The molecule has 1 aromatic heterocycles. The summed E-state index contributed by atoms with van der Waals surface area (Å²) in [6.07, 6.45) is 3.33. The number of nitrogens with zero attached hydrogens (tertiary/aromatic N) is 2. The van der Waals surface area contributed by atoms with Gasteiger partial charge in [0, 0.05) is 29.9 Å². The number of hydrogen-bond donors (Lipinski definition) is 0. The van der Waals surface area contributed by atoms with Crippen molar-refractivity contribution in [2.75, 3.05) is 13.1 Å². The van der Waals surface area contributed by atoms with Crippen molar-refractivity contribution in [3.8, 4) is 0 Å². The highest BCUT2D eigenvalue weighted by molar-refractivity contribution is 7.10. The SMILES string of the molecule is Cc1ccccc1CN1C[C@@H]2C[C@@H](c3sccc3C)N3CCC[C@@]23C1=O. The monoisotopic (exact) mass is 366 g/mol. The van der Waals surface area contributed by atoms with E-state index >= 15 is 0 Å². The number of carbonyl (C=O) groups excluding carboxylic acids is 1. The van der Waals surface area contributed by atoms with Crippen LogP contribution in [0.25, 0.3) is 0 Å². The first-order valence-electron chi connectivity index (χ1n) is 9.76. The lowest BCUT2D eigenvalue weighted by Gasteiger charge is -2.33. The van der Waals surface area contributed by atoms with E-state index in [4.69, 9.17) is 0 Å². The Hall–Kier alpha value is -1.65. The van der Waals surface area contributed by atoms with Crippen LogP contribution in [-0.2, 0) is 11.3 Å². The number of amides is 1. The molecule has 0 radical (unpaired) electrons. The quantitative estimate of drug-likeness (QED) is 0.808. The lowest BCUT2D eigenvalue weighted by molar-refractivity contribution is -0.137. The standard InChI is InChI=1S/C22H26N2OS/c1-15-6-3-4-7-17(15)13-23-14-18-12-19(20-16(2)8-11-26-20)24-10-5-9-22(18,24)21(23)25/h3-4,6-8,11,18-19H,5,9-10,12-14H2,1-2H3/t18-,19-,22-/m0/s1. The van der Waals surface area contributed by atoms with Crippen molar-refractivity contribution < 1.29 is 4.79 Å². The molecule has 4 heteroatoms. The van der Waals surface area contributed by atoms with Crippen LogP contribution in [0.1, 0.15) is 46.9 Å². The summed E-state index contributed by atoms with van der Waals surface area (Å²) >= 11 is 1.87. The molecule has 3 aliphatic heterocycles. The van der Waals surface area contributed by atoms with Crippen molar-refractivity contribution in [1.29, 1.82) is 0 Å². The molecule has 3 atom stereocenters. The Balaban J connectivity index is 1.45. The molecule has 1 amide bonds. The first-order valence-corrected chi connectivity index (χ1v) is 10.6. The lowest BCUT2D eigenvalue weighted by atomic mass is 9.85. The van der Waals surface area contributed by atoms with E-state index in [1.807, 2.05) is 11.3 Å². The Labute approximate surface area is 159 Å². The van der Waals surface area contributed by atoms with Gasteiger partial charge in [0.05, 0.1) is 0 Å². The molecule has 0 unspecified atom stereocenters. The van der Waals surface area contributed by atoms with Crippen molar-refractivity contribution in [2.24, 2.45) is 5.92 Å². The van der Waals surface area contributed by atoms with Crippen molar-refractivity contribution >= 4 is 17.2 Å². The molecule has 3 fully saturated rings. The Morgan fingerprint density at radius 1 is 1.19 bits per heavy atom. The maximum Gasteiger partial charge on any atom is 0.243 e. The average molecular weight is 367 g/mol. The zero-order valence-electron chi connectivity index (χ0n) is 15.6. The summed E-state index contributed by atoms with van der Waals surface area (Å²) in [7, 11) is 0. The van der Waals surface area contributed by atoms with E-state index in [1.54, 1.807) is 0 Å². The van der Waals surface area contributed by atoms with E-state index in [0.717, 1.165) is 38.9 Å². The van der Waals surface area contributed by atoms with Crippen LogP contribution in [0.2, 0.25) is 0 Å². The smallest absolute Gasteiger partial charge is 0.243 e. The van der Waals surface area contributed by atoms with Gasteiger partial charge in [-0.05, 0) is 67.8 Å². The summed E-state index contributed by atoms with van der Waals surface area (Å²) in [5.41, 5.74) is 3.74. The van der Waals surface area contributed by atoms with Gasteiger partial charge >= 0.3 is 0 Å². The zero-order chi connectivity index (χ0) is 17.9. The molecule has 3 aliphatic rings. The Morgan fingerprint density at radius 3 is 2.81 bits per heavy atom. The molecular weight excluding hydrogens is 340 g/mol. The molecule has 0 bridgehead atoms. The molecule has 5 rings (SSSR count). The van der Waals surface area contributed by atoms with Crippen molar-refractivity contribution in [3.63, 3.8) is 0 Å². The fourth-order valence-corrected chi connectivity index (χ4v) is 6.74. The van der Waals surface area contributed by atoms with E-state index in [2.05, 4.69) is 59.4 Å². The van der Waals surface area contributed by atoms with Crippen molar-refractivity contribution in [2.45, 2.75) is 51.2 Å². The minimum atomic E-state index is -0.218. The fraction of sp³-hybridized carbons (Fsp3) is 0.500. The number of hydrogen-bond acceptors (Lipinski definition) is 3. The second kappa shape index (κ2) is 5.93. The third kappa shape index (κ3) is 2.18. The van der Waals surface area contributed by atoms with Gasteiger partial charge in [0.2, 0.25) is 5.91 Å². The molecule has 3 saturated heterocycles. The van der Waals surface area contributed by atoms with Gasteiger partial charge in [-0.15, -0.1) is 11.3 Å². The van der Waals surface area contributed by atoms with Gasteiger partial charge in [-0.1, -0.05) is 24.3 Å². The van der Waals surface area contributed by atoms with Crippen LogP contribution in [0.5, 0.6) is 0 Å². The van der Waals surface area contributed by atoms with Gasteiger partial charge in [0.15, 0.2) is 0 Å². The third-order valence-electron chi connectivity index (χ3n) is 6.95. The van der Waals surface area contributed by atoms with Gasteiger partial charge in [-0.2, -0.15) is 0 Å². The normalized spacial score (nSPS) is 30.8. The maximum absolute atomic E-state index is 13.6. The van der Waals surface area contributed by atoms with E-state index in [1.165, 1.54) is 21.6 Å². The molecule has 4 heterocycles. The van der Waals surface area contributed by atoms with Crippen molar-refractivity contribution in [1.82, 2.24) is 9.80 Å². The predicted molar refractivity (Wildman–Crippen MR) is 105 cm³/mol. The second-order valence-corrected chi connectivity index (χ2v) is 9.20. The molecule has 2 aromatic rings. The Morgan fingerprint density at radius 2 is 2.04 bits per heavy atom. The first-order chi connectivity index (χ1) is 12.6. The maximum atomic E-state index is 13.6. The van der Waals surface area contributed by atoms with Gasteiger partial charge in [-0.3, -0.25) is 9.69 Å². The van der Waals surface area contributed by atoms with Gasteiger partial charge in [0.25, 0.3) is 0 Å². The summed E-state index contributed by atoms with van der Waals surface area (Å²) in [4.78, 5) is 19.8. The van der Waals surface area contributed by atoms with Crippen LogP contribution >= 0.6 is 11.3 Å². The molecule has 136 valence electrons. The number of aryl methyl sites for hydroxylation is 2. The van der Waals surface area contributed by atoms with E-state index < -0.39 is 0 Å². The minimum absolute atomic E-state index is 0.218. The van der Waals surface area contributed by atoms with Crippen molar-refractivity contribution in [3.05, 3.63) is 57.3 Å². The fourth-order valence-electron chi connectivity index (χ4n) is 5.68. The molecule has 1 aromatic carbocycles. The highest BCUT2D eigenvalue weighted by Crippen LogP contribution is 2.57. The third-order valence-corrected chi connectivity index (χ3v) is 8.07. The largest absolute Gasteiger partial charge is 0.336 e. The van der Waals surface area contributed by atoms with Crippen LogP contribution in [0.3, 0.4) is 0 Å². The van der Waals surface area contributed by atoms with E-state index in [0.29, 0.717) is 17.9 Å². The number of rotatable bonds is 3. The average Bonchev–Trinajstić information content (AvgIpc) is 3.35. The molecule has 26 heavy (non-hydrogen) atoms. The van der Waals surface area contributed by atoms with E-state index in [-0.39, 0.29) is 5.54 Å². The van der Waals surface area contributed by atoms with Crippen LogP contribution in [0.4, 0.5) is 0 Å². The number of likely N-dealkylation sites (tertiary alicyclic amines) is 1. The second-order valence-electron chi connectivity index (χ2n) is 8.25. The van der Waals surface area contributed by atoms with Crippen LogP contribution in [0, 0.1) is 19.8 Å². The van der Waals surface area contributed by atoms with E-state index in [9.17, 15) is 4.79 Å². The summed E-state index contributed by atoms with van der Waals surface area (Å²) in [5.74, 6) is 0.869. The molecule has 0 N–H and O–H groups in total. The van der Waals surface area contributed by atoms with Crippen LogP contribution in [-0.4, -0.2) is 34.3 Å². The highest BCUT2D eigenvalue weighted by Gasteiger charge is 2.65. The molecular formula is C22H26N2OS. The summed E-state index contributed by atoms with van der Waals surface area (Å²) < 4.78 is 0. The minimum Gasteiger partial charge on any atom is -0.336 e. The summed E-state index contributed by atoms with van der Waals surface area (Å²) in [6.45, 7) is 7.12. The molecule has 1 spiro atoms. The zero-order valence-corrected chi connectivity index (χ0v) is 16.4. The molecule has 0 saturated carbocycles. The Bertz CT molecular complexity index is 859. The topological polar surface area (TPSA) is 23.6 Å². The van der Waals surface area contributed by atoms with Crippen LogP contribution < -0.4 is 0 Å². The van der Waals surface area contributed by atoms with Gasteiger partial charge in [0.1, 0.15) is 5.54 Å². The summed E-state index contributed by atoms with van der Waals surface area (Å²) in [6, 6.07) is 11.1. The molecule has 0 aliphatic carbocycles. The number of thiophene rings is 1. The van der Waals surface area contributed by atoms with Gasteiger partial charge < -0.3 is 4.90 Å². The lowest BCUT2D eigenvalue weighted by Crippen LogP contribution is -2.49. The molecule has 3 nitrogen and oxygen atoms in total. The first kappa shape index (κ1) is 16.5. The Kier molecular flexibility index (Phi) is 3.77. The number of benzene rings is 1. The van der Waals surface area contributed by atoms with Gasteiger partial charge in [-0.25, -0.2) is 0 Å². The predicted octanol–water partition coefficient (Wildman–Crippen LogP) is 4.30. The number of carbonyl (C=O) groups is 1. The highest BCUT2D eigenvalue weighted by atomic mass is 32.1. The van der Waals surface area contributed by atoms with Crippen LogP contribution in [0.15, 0.2) is 35.7 Å².